The maximum Gasteiger partial charge on any atom is 0.416 e. The van der Waals surface area contributed by atoms with Crippen LogP contribution >= 0.6 is 0 Å². The SMILES string of the molecule is C=C(/C=C(\N=C/C)n1nc(C)nc1Nc1cc(C(=O)Nc2cccc(C(F)(F)F)c2)ccc1C)NC. The number of likely N-dealkylation sites (N-methyl/N-ethyl adjacent to an activating group) is 1. The molecule has 0 aliphatic rings. The Bertz CT molecular complexity index is 1340. The normalized spacial score (nSPS) is 12.0. The average Bonchev–Trinajstić information content (AvgIpc) is 3.19. The van der Waals surface area contributed by atoms with Gasteiger partial charge in [-0.3, -0.25) is 4.79 Å². The van der Waals surface area contributed by atoms with Gasteiger partial charge in [0.2, 0.25) is 5.95 Å². The van der Waals surface area contributed by atoms with Crippen molar-refractivity contribution in [2.75, 3.05) is 17.7 Å². The van der Waals surface area contributed by atoms with Gasteiger partial charge in [0.05, 0.1) is 5.56 Å². The van der Waals surface area contributed by atoms with Gasteiger partial charge < -0.3 is 16.0 Å². The first kappa shape index (κ1) is 26.2. The smallest absolute Gasteiger partial charge is 0.388 e. The van der Waals surface area contributed by atoms with Crippen molar-refractivity contribution in [2.24, 2.45) is 4.99 Å². The maximum atomic E-state index is 13.0. The minimum atomic E-state index is -4.51. The molecule has 2 aromatic carbocycles. The molecule has 11 heteroatoms. The fourth-order valence-electron chi connectivity index (χ4n) is 3.16. The summed E-state index contributed by atoms with van der Waals surface area (Å²) in [4.78, 5) is 21.6. The van der Waals surface area contributed by atoms with Gasteiger partial charge in [-0.05, 0) is 56.7 Å². The van der Waals surface area contributed by atoms with Gasteiger partial charge in [0.15, 0.2) is 5.82 Å². The number of aryl methyl sites for hydroxylation is 2. The van der Waals surface area contributed by atoms with Crippen LogP contribution in [0.15, 0.2) is 65.8 Å². The van der Waals surface area contributed by atoms with E-state index in [0.29, 0.717) is 29.0 Å². The molecule has 1 heterocycles. The van der Waals surface area contributed by atoms with Gasteiger partial charge in [-0.2, -0.15) is 22.8 Å². The Morgan fingerprint density at radius 1 is 1.17 bits per heavy atom. The molecule has 0 unspecified atom stereocenters. The fraction of sp³-hybridized carbons (Fsp3) is 0.200. The van der Waals surface area contributed by atoms with Crippen LogP contribution in [0.4, 0.5) is 30.5 Å². The van der Waals surface area contributed by atoms with Crippen LogP contribution in [0.2, 0.25) is 0 Å². The lowest BCUT2D eigenvalue weighted by Gasteiger charge is -2.13. The van der Waals surface area contributed by atoms with Crippen LogP contribution in [0.3, 0.4) is 0 Å². The van der Waals surface area contributed by atoms with Crippen molar-refractivity contribution >= 4 is 35.3 Å². The highest BCUT2D eigenvalue weighted by molar-refractivity contribution is 6.05. The molecule has 0 atom stereocenters. The van der Waals surface area contributed by atoms with E-state index >= 15 is 0 Å². The van der Waals surface area contributed by atoms with E-state index < -0.39 is 17.6 Å². The Morgan fingerprint density at radius 2 is 1.92 bits per heavy atom. The summed E-state index contributed by atoms with van der Waals surface area (Å²) in [5, 5.41) is 13.0. The van der Waals surface area contributed by atoms with Crippen molar-refractivity contribution in [1.29, 1.82) is 0 Å². The first-order valence-corrected chi connectivity index (χ1v) is 10.9. The van der Waals surface area contributed by atoms with Crippen molar-refractivity contribution in [2.45, 2.75) is 26.9 Å². The van der Waals surface area contributed by atoms with E-state index in [-0.39, 0.29) is 11.3 Å². The molecule has 0 aliphatic heterocycles. The number of rotatable bonds is 8. The second-order valence-electron chi connectivity index (χ2n) is 7.75. The summed E-state index contributed by atoms with van der Waals surface area (Å²) in [5.74, 6) is 0.736. The molecule has 1 amide bonds. The summed E-state index contributed by atoms with van der Waals surface area (Å²) in [6.45, 7) is 9.23. The Labute approximate surface area is 206 Å². The first-order valence-electron chi connectivity index (χ1n) is 10.9. The van der Waals surface area contributed by atoms with Crippen LogP contribution in [-0.2, 0) is 6.18 Å². The average molecular weight is 498 g/mol. The second kappa shape index (κ2) is 10.9. The number of amides is 1. The third-order valence-corrected chi connectivity index (χ3v) is 5.01. The zero-order valence-corrected chi connectivity index (χ0v) is 20.2. The Morgan fingerprint density at radius 3 is 2.58 bits per heavy atom. The third kappa shape index (κ3) is 6.38. The first-order chi connectivity index (χ1) is 17.0. The van der Waals surface area contributed by atoms with E-state index in [0.717, 1.165) is 17.7 Å². The fourth-order valence-corrected chi connectivity index (χ4v) is 3.16. The molecule has 0 saturated carbocycles. The number of nitrogens with one attached hydrogen (secondary N) is 3. The van der Waals surface area contributed by atoms with Gasteiger partial charge in [0, 0.05) is 42.0 Å². The van der Waals surface area contributed by atoms with Gasteiger partial charge in [0.25, 0.3) is 5.91 Å². The Kier molecular flexibility index (Phi) is 7.93. The van der Waals surface area contributed by atoms with Gasteiger partial charge in [-0.15, -0.1) is 5.10 Å². The van der Waals surface area contributed by atoms with E-state index in [1.165, 1.54) is 16.8 Å². The van der Waals surface area contributed by atoms with Crippen molar-refractivity contribution in [3.63, 3.8) is 0 Å². The van der Waals surface area contributed by atoms with Crippen LogP contribution < -0.4 is 16.0 Å². The Hall–Kier alpha value is -4.41. The lowest BCUT2D eigenvalue weighted by molar-refractivity contribution is -0.137. The number of anilines is 3. The van der Waals surface area contributed by atoms with Crippen LogP contribution in [0, 0.1) is 13.8 Å². The predicted octanol–water partition coefficient (Wildman–Crippen LogP) is 5.53. The third-order valence-electron chi connectivity index (χ3n) is 5.01. The zero-order valence-electron chi connectivity index (χ0n) is 20.2. The molecule has 3 rings (SSSR count). The van der Waals surface area contributed by atoms with Crippen LogP contribution in [-0.4, -0.2) is 33.9 Å². The predicted molar refractivity (Wildman–Crippen MR) is 135 cm³/mol. The standard InChI is InChI=1S/C25H26F3N7O/c1-6-30-22(12-16(3)29-5)35-24(31-17(4)34-35)33-21-13-18(11-10-15(21)2)23(36)32-20-9-7-8-19(14-20)25(26,27)28/h6-14,29H,3H2,1-2,4-5H3,(H,32,36)(H,31,33,34)/b22-12+,30-6-. The molecule has 0 fully saturated rings. The summed E-state index contributed by atoms with van der Waals surface area (Å²) in [6, 6.07) is 9.36. The van der Waals surface area contributed by atoms with Crippen molar-refractivity contribution in [3.8, 4) is 0 Å². The minimum absolute atomic E-state index is 0.0391. The van der Waals surface area contributed by atoms with E-state index in [9.17, 15) is 18.0 Å². The molecule has 0 spiro atoms. The lowest BCUT2D eigenvalue weighted by atomic mass is 10.1. The van der Waals surface area contributed by atoms with E-state index in [2.05, 4.69) is 37.6 Å². The molecule has 36 heavy (non-hydrogen) atoms. The number of nitrogens with zero attached hydrogens (tertiary/aromatic N) is 4. The van der Waals surface area contributed by atoms with E-state index in [1.807, 2.05) is 6.92 Å². The van der Waals surface area contributed by atoms with Gasteiger partial charge in [-0.25, -0.2) is 4.99 Å². The molecule has 0 radical (unpaired) electrons. The number of aromatic nitrogens is 3. The van der Waals surface area contributed by atoms with Crippen molar-refractivity contribution in [3.05, 3.63) is 83.3 Å². The number of benzene rings is 2. The highest BCUT2D eigenvalue weighted by Crippen LogP contribution is 2.31. The molecule has 8 nitrogen and oxygen atoms in total. The van der Waals surface area contributed by atoms with Crippen LogP contribution in [0.5, 0.6) is 0 Å². The van der Waals surface area contributed by atoms with Crippen molar-refractivity contribution in [1.82, 2.24) is 20.1 Å². The van der Waals surface area contributed by atoms with Crippen molar-refractivity contribution < 1.29 is 18.0 Å². The summed E-state index contributed by atoms with van der Waals surface area (Å²) >= 11 is 0. The number of hydrogen-bond donors (Lipinski definition) is 3. The van der Waals surface area contributed by atoms with Crippen LogP contribution in [0.25, 0.3) is 5.82 Å². The molecular weight excluding hydrogens is 471 g/mol. The summed E-state index contributed by atoms with van der Waals surface area (Å²) < 4.78 is 40.5. The molecular formula is C25H26F3N7O. The monoisotopic (exact) mass is 497 g/mol. The number of carbonyl (C=O) groups is 1. The highest BCUT2D eigenvalue weighted by Gasteiger charge is 2.30. The highest BCUT2D eigenvalue weighted by atomic mass is 19.4. The molecule has 1 aromatic heterocycles. The van der Waals surface area contributed by atoms with Gasteiger partial charge in [0.1, 0.15) is 5.82 Å². The summed E-state index contributed by atoms with van der Waals surface area (Å²) in [6.07, 6.45) is -1.20. The minimum Gasteiger partial charge on any atom is -0.388 e. The number of carbonyl (C=O) groups excluding carboxylic acids is 1. The number of halogens is 3. The number of alkyl halides is 3. The van der Waals surface area contributed by atoms with E-state index in [4.69, 9.17) is 0 Å². The molecule has 0 bridgehead atoms. The number of aliphatic imine (C=N–C) groups is 1. The van der Waals surface area contributed by atoms with Crippen LogP contribution in [0.1, 0.15) is 34.2 Å². The number of allylic oxidation sites excluding steroid dienone is 1. The number of hydrogen-bond acceptors (Lipinski definition) is 6. The molecule has 0 saturated heterocycles. The summed E-state index contributed by atoms with van der Waals surface area (Å²) in [7, 11) is 1.73. The lowest BCUT2D eigenvalue weighted by Crippen LogP contribution is -2.14. The largest absolute Gasteiger partial charge is 0.416 e. The summed E-state index contributed by atoms with van der Waals surface area (Å²) in [5.41, 5.74) is 1.42. The topological polar surface area (TPSA) is 96.2 Å². The molecule has 3 aromatic rings. The maximum absolute atomic E-state index is 13.0. The molecule has 3 N–H and O–H groups in total. The molecule has 0 aliphatic carbocycles. The van der Waals surface area contributed by atoms with Gasteiger partial charge in [-0.1, -0.05) is 18.7 Å². The Balaban J connectivity index is 1.91. The second-order valence-corrected chi connectivity index (χ2v) is 7.75. The van der Waals surface area contributed by atoms with Gasteiger partial charge >= 0.3 is 6.18 Å². The zero-order chi connectivity index (χ0) is 26.5. The quantitative estimate of drug-likeness (QED) is 0.281. The van der Waals surface area contributed by atoms with E-state index in [1.54, 1.807) is 51.4 Å². The molecule has 188 valence electrons.